The fourth-order valence-corrected chi connectivity index (χ4v) is 2.21. The molecule has 0 bridgehead atoms. The molecule has 0 atom stereocenters. The Morgan fingerprint density at radius 3 is 2.87 bits per heavy atom. The predicted molar refractivity (Wildman–Crippen MR) is 83.1 cm³/mol. The second-order valence-electron chi connectivity index (χ2n) is 4.80. The van der Waals surface area contributed by atoms with Crippen molar-refractivity contribution in [2.24, 2.45) is 5.11 Å². The third-order valence-electron chi connectivity index (χ3n) is 3.31. The van der Waals surface area contributed by atoms with Crippen molar-refractivity contribution in [2.45, 2.75) is 6.92 Å². The molecule has 2 aromatic heterocycles. The molecule has 0 fully saturated rings. The lowest BCUT2D eigenvalue weighted by Gasteiger charge is -2.07. The molecule has 3 aromatic rings. The average molecular weight is 310 g/mol. The Morgan fingerprint density at radius 2 is 2.17 bits per heavy atom. The summed E-state index contributed by atoms with van der Waals surface area (Å²) in [6, 6.07) is 9.09. The van der Waals surface area contributed by atoms with Gasteiger partial charge in [-0.2, -0.15) is 0 Å². The molecule has 1 aromatic carbocycles. The van der Waals surface area contributed by atoms with Crippen LogP contribution in [0, 0.1) is 12.7 Å². The molecule has 0 amide bonds. The molecule has 2 heterocycles. The summed E-state index contributed by atoms with van der Waals surface area (Å²) in [6.07, 6.45) is 1.56. The Morgan fingerprint density at radius 1 is 1.35 bits per heavy atom. The van der Waals surface area contributed by atoms with Gasteiger partial charge in [0.05, 0.1) is 11.3 Å². The lowest BCUT2D eigenvalue weighted by atomic mass is 10.1. The van der Waals surface area contributed by atoms with Crippen molar-refractivity contribution in [1.29, 1.82) is 0 Å². The van der Waals surface area contributed by atoms with Crippen LogP contribution in [0.4, 0.5) is 10.2 Å². The molecule has 0 aliphatic carbocycles. The van der Waals surface area contributed by atoms with Crippen molar-refractivity contribution in [3.8, 4) is 17.1 Å². The fraction of sp³-hybridized carbons (Fsp3) is 0.0667. The van der Waals surface area contributed by atoms with Crippen molar-refractivity contribution >= 4 is 5.82 Å². The summed E-state index contributed by atoms with van der Waals surface area (Å²) in [5.41, 5.74) is 9.39. The Bertz CT molecular complexity index is 984. The number of aromatic nitrogens is 3. The van der Waals surface area contributed by atoms with E-state index in [4.69, 9.17) is 5.53 Å². The van der Waals surface area contributed by atoms with Crippen LogP contribution < -0.4 is 5.56 Å². The molecule has 3 rings (SSSR count). The van der Waals surface area contributed by atoms with E-state index in [-0.39, 0.29) is 22.8 Å². The standard InChI is InChI=1S/C15H11FN6O/c1-9-14(20-21-17)19-15(18-9)11-6-5-10(8-12(11)16)22-7-3-2-4-13(22)23/h2-8H,1H3,(H,18,19). The van der Waals surface area contributed by atoms with Crippen molar-refractivity contribution in [1.82, 2.24) is 14.5 Å². The molecular weight excluding hydrogens is 299 g/mol. The molecule has 0 aliphatic heterocycles. The first-order valence-corrected chi connectivity index (χ1v) is 6.70. The zero-order valence-electron chi connectivity index (χ0n) is 12.1. The molecule has 0 unspecified atom stereocenters. The quantitative estimate of drug-likeness (QED) is 0.454. The number of hydrogen-bond acceptors (Lipinski definition) is 3. The third kappa shape index (κ3) is 2.70. The number of azide groups is 1. The molecule has 0 saturated carbocycles. The van der Waals surface area contributed by atoms with Crippen molar-refractivity contribution in [3.05, 3.63) is 74.9 Å². The van der Waals surface area contributed by atoms with Crippen LogP contribution in [0.2, 0.25) is 0 Å². The van der Waals surface area contributed by atoms with Crippen LogP contribution in [0.5, 0.6) is 0 Å². The van der Waals surface area contributed by atoms with Gasteiger partial charge in [-0.1, -0.05) is 6.07 Å². The summed E-state index contributed by atoms with van der Waals surface area (Å²) in [5.74, 6) is -0.112. The van der Waals surface area contributed by atoms with Crippen molar-refractivity contribution in [3.63, 3.8) is 0 Å². The van der Waals surface area contributed by atoms with Crippen LogP contribution in [0.25, 0.3) is 27.5 Å². The Kier molecular flexibility index (Phi) is 3.66. The number of halogens is 1. The van der Waals surface area contributed by atoms with Gasteiger partial charge in [-0.15, -0.1) is 0 Å². The van der Waals surface area contributed by atoms with Gasteiger partial charge in [-0.25, -0.2) is 9.37 Å². The number of H-pyrrole nitrogens is 1. The molecule has 0 radical (unpaired) electrons. The summed E-state index contributed by atoms with van der Waals surface area (Å²) >= 11 is 0. The zero-order chi connectivity index (χ0) is 16.4. The molecule has 8 heteroatoms. The number of nitrogens with one attached hydrogen (secondary N) is 1. The molecule has 23 heavy (non-hydrogen) atoms. The highest BCUT2D eigenvalue weighted by molar-refractivity contribution is 5.61. The first-order valence-electron chi connectivity index (χ1n) is 6.70. The second-order valence-corrected chi connectivity index (χ2v) is 4.80. The van der Waals surface area contributed by atoms with Gasteiger partial charge in [-0.3, -0.25) is 9.36 Å². The van der Waals surface area contributed by atoms with E-state index < -0.39 is 5.82 Å². The van der Waals surface area contributed by atoms with E-state index in [0.717, 1.165) is 0 Å². The minimum atomic E-state index is -0.542. The van der Waals surface area contributed by atoms with Gasteiger partial charge in [-0.05, 0) is 41.8 Å². The largest absolute Gasteiger partial charge is 0.342 e. The number of imidazole rings is 1. The summed E-state index contributed by atoms with van der Waals surface area (Å²) in [7, 11) is 0. The normalized spacial score (nSPS) is 10.3. The van der Waals surface area contributed by atoms with E-state index >= 15 is 0 Å². The maximum atomic E-state index is 14.4. The molecule has 1 N–H and O–H groups in total. The van der Waals surface area contributed by atoms with Crippen LogP contribution in [0.1, 0.15) is 5.69 Å². The van der Waals surface area contributed by atoms with E-state index in [1.54, 1.807) is 31.3 Å². The molecule has 0 spiro atoms. The van der Waals surface area contributed by atoms with Gasteiger partial charge in [0.15, 0.2) is 0 Å². The van der Waals surface area contributed by atoms with Crippen molar-refractivity contribution < 1.29 is 4.39 Å². The number of rotatable bonds is 3. The number of aromatic amines is 1. The lowest BCUT2D eigenvalue weighted by Crippen LogP contribution is -2.15. The summed E-state index contributed by atoms with van der Waals surface area (Å²) < 4.78 is 15.7. The zero-order valence-corrected chi connectivity index (χ0v) is 12.1. The number of hydrogen-bond donors (Lipinski definition) is 1. The van der Waals surface area contributed by atoms with E-state index in [2.05, 4.69) is 20.0 Å². The van der Waals surface area contributed by atoms with Crippen molar-refractivity contribution in [2.75, 3.05) is 0 Å². The van der Waals surface area contributed by atoms with Gasteiger partial charge in [0.2, 0.25) is 0 Å². The van der Waals surface area contributed by atoms with E-state index in [1.165, 1.54) is 22.8 Å². The fourth-order valence-electron chi connectivity index (χ4n) is 2.21. The van der Waals surface area contributed by atoms with Gasteiger partial charge in [0.1, 0.15) is 17.5 Å². The SMILES string of the molecule is Cc1[nH]c(-c2ccc(-n3ccccc3=O)cc2F)nc1N=[N+]=[N-]. The highest BCUT2D eigenvalue weighted by Crippen LogP contribution is 2.26. The van der Waals surface area contributed by atoms with Crippen LogP contribution in [0.15, 0.2) is 52.5 Å². The predicted octanol–water partition coefficient (Wildman–Crippen LogP) is 3.62. The first kappa shape index (κ1) is 14.6. The third-order valence-corrected chi connectivity index (χ3v) is 3.31. The summed E-state index contributed by atoms with van der Waals surface area (Å²) in [4.78, 5) is 21.4. The highest BCUT2D eigenvalue weighted by Gasteiger charge is 2.12. The maximum Gasteiger partial charge on any atom is 0.255 e. The second kappa shape index (κ2) is 5.78. The lowest BCUT2D eigenvalue weighted by molar-refractivity contribution is 0.628. The molecule has 7 nitrogen and oxygen atoms in total. The minimum Gasteiger partial charge on any atom is -0.342 e. The highest BCUT2D eigenvalue weighted by atomic mass is 19.1. The van der Waals surface area contributed by atoms with Gasteiger partial charge >= 0.3 is 0 Å². The van der Waals surface area contributed by atoms with Crippen LogP contribution >= 0.6 is 0 Å². The van der Waals surface area contributed by atoms with Gasteiger partial charge in [0, 0.05) is 22.9 Å². The first-order chi connectivity index (χ1) is 11.1. The van der Waals surface area contributed by atoms with Gasteiger partial charge in [0.25, 0.3) is 5.56 Å². The van der Waals surface area contributed by atoms with Crippen LogP contribution in [-0.2, 0) is 0 Å². The molecule has 0 saturated heterocycles. The van der Waals surface area contributed by atoms with Crippen LogP contribution in [-0.4, -0.2) is 14.5 Å². The van der Waals surface area contributed by atoms with Gasteiger partial charge < -0.3 is 4.98 Å². The van der Waals surface area contributed by atoms with E-state index in [0.29, 0.717) is 11.4 Å². The van der Waals surface area contributed by atoms with E-state index in [9.17, 15) is 9.18 Å². The molecular formula is C15H11FN6O. The topological polar surface area (TPSA) is 99.4 Å². The number of benzene rings is 1. The van der Waals surface area contributed by atoms with E-state index in [1.807, 2.05) is 0 Å². The van der Waals surface area contributed by atoms with Crippen LogP contribution in [0.3, 0.4) is 0 Å². The minimum absolute atomic E-state index is 0.172. The Labute approximate surface area is 129 Å². The maximum absolute atomic E-state index is 14.4. The average Bonchev–Trinajstić information content (AvgIpc) is 2.89. The smallest absolute Gasteiger partial charge is 0.255 e. The molecule has 0 aliphatic rings. The summed E-state index contributed by atoms with van der Waals surface area (Å²) in [5, 5.41) is 3.43. The summed E-state index contributed by atoms with van der Waals surface area (Å²) in [6.45, 7) is 1.68. The number of pyridine rings is 1. The number of nitrogens with zero attached hydrogens (tertiary/aromatic N) is 5. The Hall–Kier alpha value is -3.38. The Balaban J connectivity index is 2.07. The number of aryl methyl sites for hydroxylation is 1. The molecule has 114 valence electrons. The monoisotopic (exact) mass is 310 g/mol.